The molecule has 92 valence electrons. The Morgan fingerprint density at radius 3 is 2.65 bits per heavy atom. The number of benzene rings is 1. The molecule has 1 aromatic rings. The number of rotatable bonds is 5. The van der Waals surface area contributed by atoms with E-state index in [9.17, 15) is 9.59 Å². The number of amides is 1. The maximum absolute atomic E-state index is 11.6. The van der Waals surface area contributed by atoms with Gasteiger partial charge in [-0.3, -0.25) is 9.59 Å². The number of hydrogen-bond donors (Lipinski definition) is 2. The van der Waals surface area contributed by atoms with Gasteiger partial charge < -0.3 is 10.4 Å². The van der Waals surface area contributed by atoms with Crippen LogP contribution >= 0.6 is 11.6 Å². The highest BCUT2D eigenvalue weighted by Crippen LogP contribution is 2.15. The Balaban J connectivity index is 2.50. The molecule has 0 aliphatic heterocycles. The first-order valence-electron chi connectivity index (χ1n) is 5.23. The molecule has 0 aliphatic carbocycles. The van der Waals surface area contributed by atoms with Gasteiger partial charge in [-0.1, -0.05) is 29.8 Å². The summed E-state index contributed by atoms with van der Waals surface area (Å²) in [5, 5.41) is 11.7. The molecule has 1 atom stereocenters. The number of carboxylic acids is 1. The third-order valence-electron chi connectivity index (χ3n) is 2.20. The van der Waals surface area contributed by atoms with E-state index in [-0.39, 0.29) is 24.8 Å². The lowest BCUT2D eigenvalue weighted by Crippen LogP contribution is -2.35. The smallest absolute Gasteiger partial charge is 0.305 e. The second-order valence-electron chi connectivity index (χ2n) is 3.83. The van der Waals surface area contributed by atoms with E-state index in [4.69, 9.17) is 16.7 Å². The van der Waals surface area contributed by atoms with Gasteiger partial charge in [0.2, 0.25) is 5.91 Å². The summed E-state index contributed by atoms with van der Waals surface area (Å²) in [4.78, 5) is 22.0. The molecule has 0 saturated carbocycles. The third-order valence-corrected chi connectivity index (χ3v) is 2.57. The highest BCUT2D eigenvalue weighted by atomic mass is 35.5. The highest BCUT2D eigenvalue weighted by molar-refractivity contribution is 6.31. The molecule has 0 spiro atoms. The molecule has 0 unspecified atom stereocenters. The fourth-order valence-electron chi connectivity index (χ4n) is 1.45. The molecule has 0 bridgehead atoms. The summed E-state index contributed by atoms with van der Waals surface area (Å²) in [5.74, 6) is -1.16. The monoisotopic (exact) mass is 255 g/mol. The van der Waals surface area contributed by atoms with Crippen LogP contribution in [0, 0.1) is 0 Å². The number of halogens is 1. The minimum Gasteiger partial charge on any atom is -0.481 e. The Labute approximate surface area is 105 Å². The van der Waals surface area contributed by atoms with Crippen molar-refractivity contribution in [1.82, 2.24) is 5.32 Å². The van der Waals surface area contributed by atoms with Crippen molar-refractivity contribution in [3.8, 4) is 0 Å². The fraction of sp³-hybridized carbons (Fsp3) is 0.333. The number of carbonyl (C=O) groups excluding carboxylic acids is 1. The molecule has 0 aromatic heterocycles. The maximum atomic E-state index is 11.6. The SMILES string of the molecule is C[C@@H](CC(=O)O)NC(=O)Cc1ccccc1Cl. The van der Waals surface area contributed by atoms with Crippen molar-refractivity contribution in [1.29, 1.82) is 0 Å². The Morgan fingerprint density at radius 2 is 2.06 bits per heavy atom. The van der Waals surface area contributed by atoms with E-state index >= 15 is 0 Å². The molecule has 1 rings (SSSR count). The van der Waals surface area contributed by atoms with E-state index < -0.39 is 5.97 Å². The van der Waals surface area contributed by atoms with Crippen LogP contribution in [0.5, 0.6) is 0 Å². The molecular formula is C12H14ClNO3. The van der Waals surface area contributed by atoms with E-state index in [0.29, 0.717) is 5.02 Å². The summed E-state index contributed by atoms with van der Waals surface area (Å²) in [6.45, 7) is 1.65. The fourth-order valence-corrected chi connectivity index (χ4v) is 1.66. The number of carbonyl (C=O) groups is 2. The lowest BCUT2D eigenvalue weighted by Gasteiger charge is -2.11. The Hall–Kier alpha value is -1.55. The lowest BCUT2D eigenvalue weighted by atomic mass is 10.1. The predicted octanol–water partition coefficient (Wildman–Crippen LogP) is 1.86. The molecule has 0 fully saturated rings. The zero-order valence-corrected chi connectivity index (χ0v) is 10.2. The van der Waals surface area contributed by atoms with E-state index in [1.807, 2.05) is 0 Å². The number of carboxylic acid groups (broad SMARTS) is 1. The van der Waals surface area contributed by atoms with Crippen molar-refractivity contribution >= 4 is 23.5 Å². The standard InChI is InChI=1S/C12H14ClNO3/c1-8(6-12(16)17)14-11(15)7-9-4-2-3-5-10(9)13/h2-5,8H,6-7H2,1H3,(H,14,15)(H,16,17)/t8-/m0/s1. The van der Waals surface area contributed by atoms with Crippen LogP contribution < -0.4 is 5.32 Å². The first-order chi connectivity index (χ1) is 7.99. The summed E-state index contributed by atoms with van der Waals surface area (Å²) in [5.41, 5.74) is 0.731. The van der Waals surface area contributed by atoms with Gasteiger partial charge in [0.25, 0.3) is 0 Å². The third kappa shape index (κ3) is 4.87. The minimum atomic E-state index is -0.935. The number of aliphatic carboxylic acids is 1. The van der Waals surface area contributed by atoms with Gasteiger partial charge in [-0.2, -0.15) is 0 Å². The van der Waals surface area contributed by atoms with Crippen LogP contribution in [0.3, 0.4) is 0 Å². The summed E-state index contributed by atoms with van der Waals surface area (Å²) in [7, 11) is 0. The summed E-state index contributed by atoms with van der Waals surface area (Å²) >= 11 is 5.92. The van der Waals surface area contributed by atoms with Gasteiger partial charge in [0.15, 0.2) is 0 Å². The largest absolute Gasteiger partial charge is 0.481 e. The molecule has 0 aliphatic rings. The first kappa shape index (κ1) is 13.5. The van der Waals surface area contributed by atoms with Crippen molar-refractivity contribution in [2.24, 2.45) is 0 Å². The highest BCUT2D eigenvalue weighted by Gasteiger charge is 2.12. The zero-order chi connectivity index (χ0) is 12.8. The Bertz CT molecular complexity index is 420. The van der Waals surface area contributed by atoms with Gasteiger partial charge in [0.1, 0.15) is 0 Å². The molecule has 0 saturated heterocycles. The zero-order valence-electron chi connectivity index (χ0n) is 9.44. The van der Waals surface area contributed by atoms with Crippen molar-refractivity contribution in [3.63, 3.8) is 0 Å². The molecule has 17 heavy (non-hydrogen) atoms. The van der Waals surface area contributed by atoms with Crippen molar-refractivity contribution in [2.45, 2.75) is 25.8 Å². The minimum absolute atomic E-state index is 0.0890. The maximum Gasteiger partial charge on any atom is 0.305 e. The second kappa shape index (κ2) is 6.25. The van der Waals surface area contributed by atoms with E-state index in [2.05, 4.69) is 5.32 Å². The molecular weight excluding hydrogens is 242 g/mol. The molecule has 0 radical (unpaired) electrons. The Morgan fingerprint density at radius 1 is 1.41 bits per heavy atom. The van der Waals surface area contributed by atoms with Gasteiger partial charge in [-0.15, -0.1) is 0 Å². The van der Waals surface area contributed by atoms with Crippen molar-refractivity contribution in [2.75, 3.05) is 0 Å². The summed E-state index contributed by atoms with van der Waals surface area (Å²) in [6.07, 6.45) is 0.0674. The van der Waals surface area contributed by atoms with Crippen LogP contribution in [0.15, 0.2) is 24.3 Å². The topological polar surface area (TPSA) is 66.4 Å². The molecule has 4 nitrogen and oxygen atoms in total. The van der Waals surface area contributed by atoms with E-state index in [1.54, 1.807) is 31.2 Å². The normalized spacial score (nSPS) is 11.9. The molecule has 2 N–H and O–H groups in total. The van der Waals surface area contributed by atoms with Crippen LogP contribution in [-0.2, 0) is 16.0 Å². The average molecular weight is 256 g/mol. The quantitative estimate of drug-likeness (QED) is 0.844. The van der Waals surface area contributed by atoms with Crippen molar-refractivity contribution < 1.29 is 14.7 Å². The van der Waals surface area contributed by atoms with Gasteiger partial charge in [0, 0.05) is 11.1 Å². The van der Waals surface area contributed by atoms with E-state index in [1.165, 1.54) is 0 Å². The molecule has 5 heteroatoms. The predicted molar refractivity (Wildman–Crippen MR) is 65.0 cm³/mol. The van der Waals surface area contributed by atoms with Gasteiger partial charge in [-0.05, 0) is 18.6 Å². The second-order valence-corrected chi connectivity index (χ2v) is 4.24. The van der Waals surface area contributed by atoms with E-state index in [0.717, 1.165) is 5.56 Å². The van der Waals surface area contributed by atoms with Gasteiger partial charge >= 0.3 is 5.97 Å². The summed E-state index contributed by atoms with van der Waals surface area (Å²) < 4.78 is 0. The Kier molecular flexibility index (Phi) is 4.97. The summed E-state index contributed by atoms with van der Waals surface area (Å²) in [6, 6.07) is 6.68. The van der Waals surface area contributed by atoms with Crippen LogP contribution in [0.1, 0.15) is 18.9 Å². The number of nitrogens with one attached hydrogen (secondary N) is 1. The van der Waals surface area contributed by atoms with Gasteiger partial charge in [-0.25, -0.2) is 0 Å². The van der Waals surface area contributed by atoms with Crippen molar-refractivity contribution in [3.05, 3.63) is 34.9 Å². The number of hydrogen-bond acceptors (Lipinski definition) is 2. The lowest BCUT2D eigenvalue weighted by molar-refractivity contribution is -0.137. The average Bonchev–Trinajstić information content (AvgIpc) is 2.19. The first-order valence-corrected chi connectivity index (χ1v) is 5.61. The van der Waals surface area contributed by atoms with Crippen LogP contribution in [0.2, 0.25) is 5.02 Å². The van der Waals surface area contributed by atoms with Gasteiger partial charge in [0.05, 0.1) is 12.8 Å². The molecule has 1 aromatic carbocycles. The van der Waals surface area contributed by atoms with Crippen LogP contribution in [-0.4, -0.2) is 23.0 Å². The molecule has 1 amide bonds. The van der Waals surface area contributed by atoms with Crippen LogP contribution in [0.4, 0.5) is 0 Å². The molecule has 0 heterocycles. The van der Waals surface area contributed by atoms with Crippen LogP contribution in [0.25, 0.3) is 0 Å².